The first kappa shape index (κ1) is 45.1. The molecule has 0 unspecified atom stereocenters. The minimum Gasteiger partial charge on any atom is -0.324 e. The van der Waals surface area contributed by atoms with Crippen molar-refractivity contribution in [3.8, 4) is 45.6 Å². The highest BCUT2D eigenvalue weighted by atomic mass is 32.2. The van der Waals surface area contributed by atoms with Crippen LogP contribution in [0.4, 0.5) is 0 Å². The predicted molar refractivity (Wildman–Crippen MR) is 268 cm³/mol. The lowest BCUT2D eigenvalue weighted by Crippen LogP contribution is -2.36. The zero-order valence-corrected chi connectivity index (χ0v) is 40.7. The number of nitrogens with one attached hydrogen (secondary N) is 5. The molecule has 17 nitrogen and oxygen atoms in total. The molecule has 12 rings (SSSR count). The third kappa shape index (κ3) is 8.16. The third-order valence-corrected chi connectivity index (χ3v) is 19.0. The van der Waals surface area contributed by atoms with Gasteiger partial charge in [0.25, 0.3) is 0 Å². The third-order valence-electron chi connectivity index (χ3n) is 14.4. The summed E-state index contributed by atoms with van der Waals surface area (Å²) < 4.78 is 96.1. The Morgan fingerprint density at radius 2 is 0.729 bits per heavy atom. The maximum Gasteiger partial charge on any atom is 0.241 e. The first-order chi connectivity index (χ1) is 33.9. The van der Waals surface area contributed by atoms with E-state index in [2.05, 4.69) is 24.1 Å². The predicted octanol–water partition coefficient (Wildman–Crippen LogP) is 8.70. The van der Waals surface area contributed by atoms with E-state index in [9.17, 15) is 25.3 Å². The van der Waals surface area contributed by atoms with E-state index in [0.29, 0.717) is 51.4 Å². The van der Waals surface area contributed by atoms with Gasteiger partial charge in [0, 0.05) is 50.8 Å². The Morgan fingerprint density at radius 3 is 1.20 bits per heavy atom. The Kier molecular flexibility index (Phi) is 11.4. The summed E-state index contributed by atoms with van der Waals surface area (Å²) >= 11 is 0. The number of hydrogen-bond donors (Lipinski definition) is 5. The molecule has 360 valence electrons. The van der Waals surface area contributed by atoms with Crippen LogP contribution in [0.25, 0.3) is 89.7 Å². The van der Waals surface area contributed by atoms with Crippen molar-refractivity contribution in [2.24, 2.45) is 0 Å². The molecule has 5 heterocycles. The van der Waals surface area contributed by atoms with Crippen molar-refractivity contribution in [1.29, 1.82) is 0 Å². The minimum atomic E-state index is -4.18. The van der Waals surface area contributed by atoms with Crippen LogP contribution < -0.4 is 14.2 Å². The average molecular weight is 998 g/mol. The van der Waals surface area contributed by atoms with Crippen LogP contribution in [0.2, 0.25) is 0 Å². The molecular weight excluding hydrogens is 947 g/mol. The number of hydrogen-bond acceptors (Lipinski definition) is 12. The van der Waals surface area contributed by atoms with E-state index in [-0.39, 0.29) is 83.9 Å². The molecule has 0 saturated heterocycles. The van der Waals surface area contributed by atoms with E-state index >= 15 is 0 Å². The fourth-order valence-electron chi connectivity index (χ4n) is 11.0. The van der Waals surface area contributed by atoms with Gasteiger partial charge in [-0.05, 0) is 56.7 Å². The summed E-state index contributed by atoms with van der Waals surface area (Å²) in [6.07, 6.45) is 13.0. The van der Waals surface area contributed by atoms with Crippen molar-refractivity contribution in [2.75, 3.05) is 0 Å². The minimum absolute atomic E-state index is 0.0163. The molecule has 3 saturated carbocycles. The van der Waals surface area contributed by atoms with E-state index in [1.54, 1.807) is 48.5 Å². The zero-order chi connectivity index (χ0) is 47.8. The number of aromatic amines is 2. The maximum atomic E-state index is 14.6. The van der Waals surface area contributed by atoms with E-state index in [1.165, 1.54) is 6.07 Å². The first-order valence-corrected chi connectivity index (χ1v) is 28.7. The summed E-state index contributed by atoms with van der Waals surface area (Å²) in [4.78, 5) is 36.8. The molecule has 5 aliphatic rings. The molecule has 0 atom stereocenters. The van der Waals surface area contributed by atoms with Crippen molar-refractivity contribution in [3.63, 3.8) is 0 Å². The summed E-state index contributed by atoms with van der Waals surface area (Å²) in [5, 5.41) is 1.90. The monoisotopic (exact) mass is 997 g/mol. The highest BCUT2D eigenvalue weighted by Gasteiger charge is 2.34. The van der Waals surface area contributed by atoms with Crippen molar-refractivity contribution >= 4 is 74.2 Å². The van der Waals surface area contributed by atoms with Crippen LogP contribution in [0.3, 0.4) is 0 Å². The van der Waals surface area contributed by atoms with Crippen LogP contribution in [-0.4, -0.2) is 83.3 Å². The van der Waals surface area contributed by atoms with Crippen LogP contribution in [-0.2, 0) is 30.1 Å². The van der Waals surface area contributed by atoms with E-state index in [1.807, 2.05) is 24.3 Å². The second-order valence-corrected chi connectivity index (χ2v) is 24.1. The highest BCUT2D eigenvalue weighted by molar-refractivity contribution is 7.90. The van der Waals surface area contributed by atoms with E-state index in [4.69, 9.17) is 29.9 Å². The molecule has 0 amide bonds. The van der Waals surface area contributed by atoms with Gasteiger partial charge in [-0.25, -0.2) is 69.3 Å². The molecule has 3 fully saturated rings. The average Bonchev–Trinajstić information content (AvgIpc) is 4.10. The number of sulfonamides is 3. The standard InChI is InChI=1S/C50H51N11O6S3/c62-68(63,59-29-15-4-1-5-16-29)37-26-12-23-34-40(37)49-54-45(34)52-43-32-21-10-11-22-33(32)44(51-43)53-48-41-35(24-13-27-38(41)69(64,65)60-30-17-6-2-7-18-30)46(55-48)57-50-42-36(47(56-49)58-50)25-14-28-39(42)70(66,67)61-31-19-8-3-9-20-31/h10-14,21-31,59-61H,1-9,15-20H2,(H2,51,52,53,54,55,56,57,58). The van der Waals surface area contributed by atoms with Crippen LogP contribution in [0.5, 0.6) is 0 Å². The number of rotatable bonds is 9. The topological polar surface area (TPSA) is 247 Å². The Labute approximate surface area is 405 Å². The molecule has 0 radical (unpaired) electrons. The van der Waals surface area contributed by atoms with Gasteiger partial charge in [-0.1, -0.05) is 118 Å². The molecule has 4 aromatic carbocycles. The molecule has 3 aliphatic carbocycles. The molecule has 2 aliphatic heterocycles. The Hall–Kier alpha value is -6.03. The van der Waals surface area contributed by atoms with Crippen molar-refractivity contribution in [3.05, 3.63) is 78.9 Å². The van der Waals surface area contributed by atoms with E-state index in [0.717, 1.165) is 83.5 Å². The fourth-order valence-corrected chi connectivity index (χ4v) is 15.6. The van der Waals surface area contributed by atoms with Gasteiger partial charge in [0.15, 0.2) is 23.3 Å². The molecular formula is C50H51N11O6S3. The lowest BCUT2D eigenvalue weighted by Gasteiger charge is -2.23. The molecule has 20 heteroatoms. The molecule has 5 N–H and O–H groups in total. The second-order valence-electron chi connectivity index (χ2n) is 19.1. The van der Waals surface area contributed by atoms with Gasteiger partial charge < -0.3 is 9.97 Å². The normalized spacial score (nSPS) is 17.5. The Morgan fingerprint density at radius 1 is 0.371 bits per heavy atom. The van der Waals surface area contributed by atoms with Crippen molar-refractivity contribution in [2.45, 2.75) is 129 Å². The molecule has 7 aromatic rings. The number of fused-ring (bicyclic) bond motifs is 20. The van der Waals surface area contributed by atoms with Gasteiger partial charge in [0.05, 0.1) is 25.8 Å². The van der Waals surface area contributed by atoms with Gasteiger partial charge in [0.1, 0.15) is 22.6 Å². The van der Waals surface area contributed by atoms with E-state index < -0.39 is 30.1 Å². The molecule has 8 bridgehead atoms. The van der Waals surface area contributed by atoms with Gasteiger partial charge >= 0.3 is 0 Å². The quantitative estimate of drug-likeness (QED) is 0.0911. The largest absolute Gasteiger partial charge is 0.324 e. The molecule has 70 heavy (non-hydrogen) atoms. The van der Waals surface area contributed by atoms with Gasteiger partial charge in [-0.2, -0.15) is 0 Å². The van der Waals surface area contributed by atoms with Crippen molar-refractivity contribution < 1.29 is 25.3 Å². The van der Waals surface area contributed by atoms with Crippen LogP contribution in [0.15, 0.2) is 93.5 Å². The van der Waals surface area contributed by atoms with Crippen molar-refractivity contribution in [1.82, 2.24) is 54.0 Å². The Bertz CT molecular complexity index is 3730. The molecule has 0 spiro atoms. The zero-order valence-electron chi connectivity index (χ0n) is 38.2. The summed E-state index contributed by atoms with van der Waals surface area (Å²) in [5.41, 5.74) is 2.18. The highest BCUT2D eigenvalue weighted by Crippen LogP contribution is 2.42. The first-order valence-electron chi connectivity index (χ1n) is 24.3. The molecule has 3 aromatic heterocycles. The second kappa shape index (κ2) is 17.7. The lowest BCUT2D eigenvalue weighted by atomic mass is 9.96. The summed E-state index contributed by atoms with van der Waals surface area (Å²) in [7, 11) is -12.4. The maximum absolute atomic E-state index is 14.6. The Balaban J connectivity index is 1.17. The summed E-state index contributed by atoms with van der Waals surface area (Å²) in [5.74, 6) is 0.362. The van der Waals surface area contributed by atoms with Gasteiger partial charge in [0.2, 0.25) is 30.1 Å². The summed E-state index contributed by atoms with van der Waals surface area (Å²) in [6, 6.07) is 21.5. The van der Waals surface area contributed by atoms with Crippen LogP contribution in [0, 0.1) is 0 Å². The smallest absolute Gasteiger partial charge is 0.241 e. The lowest BCUT2D eigenvalue weighted by molar-refractivity contribution is 0.412. The van der Waals surface area contributed by atoms with Crippen LogP contribution in [0.1, 0.15) is 96.3 Å². The fraction of sp³-hybridized carbons (Fsp3) is 0.360. The van der Waals surface area contributed by atoms with Crippen LogP contribution >= 0.6 is 0 Å². The van der Waals surface area contributed by atoms with Gasteiger partial charge in [-0.15, -0.1) is 0 Å². The summed E-state index contributed by atoms with van der Waals surface area (Å²) in [6.45, 7) is 0. The SMILES string of the molecule is O=S(=O)(NC1CCCCC1)c1cccc2c1-c1nc-2nc2[nH]c(nc3nc(nc4[nH]c(n1)c1ccccc41)-c1cccc(S(=O)(=O)NC4CCCCC4)c1-3)c1cccc(S(=O)(=O)NC3CCCCC3)c21. The number of benzene rings is 4. The number of H-pyrrole nitrogens is 2. The number of aromatic nitrogens is 8. The van der Waals surface area contributed by atoms with Gasteiger partial charge in [-0.3, -0.25) is 0 Å². The number of nitrogens with zero attached hydrogens (tertiary/aromatic N) is 6.